The lowest BCUT2D eigenvalue weighted by Gasteiger charge is -2.30. The first-order valence-corrected chi connectivity index (χ1v) is 11.4. The van der Waals surface area contributed by atoms with Crippen LogP contribution in [0.25, 0.3) is 0 Å². The van der Waals surface area contributed by atoms with Gasteiger partial charge < -0.3 is 10.1 Å². The van der Waals surface area contributed by atoms with Gasteiger partial charge in [0.25, 0.3) is 5.91 Å². The minimum Gasteiger partial charge on any atom is -0.482 e. The van der Waals surface area contributed by atoms with E-state index in [-0.39, 0.29) is 22.9 Å². The van der Waals surface area contributed by atoms with E-state index in [1.54, 1.807) is 6.07 Å². The van der Waals surface area contributed by atoms with Gasteiger partial charge in [-0.1, -0.05) is 18.6 Å². The molecule has 0 aliphatic carbocycles. The molecule has 2 aromatic rings. The van der Waals surface area contributed by atoms with Gasteiger partial charge >= 0.3 is 0 Å². The number of sulfonamides is 1. The molecule has 1 N–H and O–H groups in total. The highest BCUT2D eigenvalue weighted by Gasteiger charge is 2.31. The number of anilines is 2. The summed E-state index contributed by atoms with van der Waals surface area (Å²) in [5.74, 6) is -1.41. The Morgan fingerprint density at radius 3 is 2.58 bits per heavy atom. The number of carbonyl (C=O) groups excluding carboxylic acids is 2. The molecular formula is C21H22FN3O5S. The van der Waals surface area contributed by atoms with Gasteiger partial charge in [-0.3, -0.25) is 14.5 Å². The summed E-state index contributed by atoms with van der Waals surface area (Å²) in [6.07, 6.45) is 2.59. The molecule has 0 saturated carbocycles. The quantitative estimate of drug-likeness (QED) is 0.759. The van der Waals surface area contributed by atoms with Crippen LogP contribution in [-0.4, -0.2) is 50.8 Å². The second kappa shape index (κ2) is 8.64. The number of fused-ring (bicyclic) bond motifs is 1. The molecule has 31 heavy (non-hydrogen) atoms. The number of nitrogens with one attached hydrogen (secondary N) is 1. The standard InChI is InChI=1S/C21H22FN3O5S/c22-16-6-2-3-7-17(16)23-20(26)13-25-18-12-15(8-9-19(18)30-14-21(25)27)31(28,29)24-10-4-1-5-11-24/h2-3,6-9,12H,1,4-5,10-11,13-14H2,(H,23,26). The molecule has 2 heterocycles. The van der Waals surface area contributed by atoms with Gasteiger partial charge in [0.15, 0.2) is 6.61 Å². The Morgan fingerprint density at radius 2 is 1.84 bits per heavy atom. The lowest BCUT2D eigenvalue weighted by molar-refractivity contribution is -0.123. The first kappa shape index (κ1) is 21.3. The maximum absolute atomic E-state index is 13.8. The monoisotopic (exact) mass is 447 g/mol. The molecule has 164 valence electrons. The van der Waals surface area contributed by atoms with Crippen LogP contribution < -0.4 is 15.0 Å². The van der Waals surface area contributed by atoms with E-state index in [1.165, 1.54) is 40.7 Å². The SMILES string of the molecule is O=C(CN1C(=O)COc2ccc(S(=O)(=O)N3CCCCC3)cc21)Nc1ccccc1F. The zero-order chi connectivity index (χ0) is 22.0. The highest BCUT2D eigenvalue weighted by atomic mass is 32.2. The van der Waals surface area contributed by atoms with Crippen molar-refractivity contribution in [2.45, 2.75) is 24.2 Å². The Labute approximate surface area is 179 Å². The second-order valence-electron chi connectivity index (χ2n) is 7.39. The van der Waals surface area contributed by atoms with E-state index in [1.807, 2.05) is 0 Å². The topological polar surface area (TPSA) is 96.0 Å². The molecule has 2 aliphatic heterocycles. The summed E-state index contributed by atoms with van der Waals surface area (Å²) in [6.45, 7) is 0.210. The number of rotatable bonds is 5. The number of nitrogens with zero attached hydrogens (tertiary/aromatic N) is 2. The Balaban J connectivity index is 1.59. The first-order valence-electron chi connectivity index (χ1n) is 9.98. The number of piperidine rings is 1. The summed E-state index contributed by atoms with van der Waals surface area (Å²) >= 11 is 0. The van der Waals surface area contributed by atoms with Crippen LogP contribution in [-0.2, 0) is 19.6 Å². The number of hydrogen-bond acceptors (Lipinski definition) is 5. The molecule has 0 bridgehead atoms. The third kappa shape index (κ3) is 4.40. The van der Waals surface area contributed by atoms with Crippen LogP contribution >= 0.6 is 0 Å². The molecular weight excluding hydrogens is 425 g/mol. The Morgan fingerprint density at radius 1 is 1.10 bits per heavy atom. The maximum Gasteiger partial charge on any atom is 0.265 e. The van der Waals surface area contributed by atoms with Crippen LogP contribution in [0, 0.1) is 5.82 Å². The van der Waals surface area contributed by atoms with Gasteiger partial charge in [0.1, 0.15) is 18.1 Å². The van der Waals surface area contributed by atoms with E-state index in [0.29, 0.717) is 18.8 Å². The number of ether oxygens (including phenoxy) is 1. The van der Waals surface area contributed by atoms with Crippen LogP contribution in [0.1, 0.15) is 19.3 Å². The van der Waals surface area contributed by atoms with Gasteiger partial charge in [-0.15, -0.1) is 0 Å². The van der Waals surface area contributed by atoms with Crippen molar-refractivity contribution in [3.05, 3.63) is 48.3 Å². The van der Waals surface area contributed by atoms with Crippen molar-refractivity contribution in [2.24, 2.45) is 0 Å². The summed E-state index contributed by atoms with van der Waals surface area (Å²) in [5, 5.41) is 2.43. The average molecular weight is 447 g/mol. The Kier molecular flexibility index (Phi) is 5.92. The number of carbonyl (C=O) groups is 2. The Bertz CT molecular complexity index is 1120. The van der Waals surface area contributed by atoms with Gasteiger partial charge in [0.05, 0.1) is 16.3 Å². The number of para-hydroxylation sites is 1. The van der Waals surface area contributed by atoms with Crippen molar-refractivity contribution in [2.75, 3.05) is 36.5 Å². The van der Waals surface area contributed by atoms with Crippen LogP contribution in [0.3, 0.4) is 0 Å². The molecule has 2 aromatic carbocycles. The van der Waals surface area contributed by atoms with Crippen molar-refractivity contribution >= 4 is 33.2 Å². The van der Waals surface area contributed by atoms with Crippen LogP contribution in [0.15, 0.2) is 47.4 Å². The zero-order valence-corrected chi connectivity index (χ0v) is 17.5. The molecule has 1 fully saturated rings. The van der Waals surface area contributed by atoms with E-state index in [9.17, 15) is 22.4 Å². The molecule has 2 amide bonds. The fourth-order valence-electron chi connectivity index (χ4n) is 3.67. The molecule has 4 rings (SSSR count). The van der Waals surface area contributed by atoms with E-state index in [4.69, 9.17) is 4.74 Å². The number of benzene rings is 2. The summed E-state index contributed by atoms with van der Waals surface area (Å²) in [7, 11) is -3.73. The number of amides is 2. The van der Waals surface area contributed by atoms with Crippen molar-refractivity contribution < 1.29 is 27.1 Å². The molecule has 8 nitrogen and oxygen atoms in total. The highest BCUT2D eigenvalue weighted by Crippen LogP contribution is 2.35. The number of hydrogen-bond donors (Lipinski definition) is 1. The van der Waals surface area contributed by atoms with Gasteiger partial charge in [-0.25, -0.2) is 12.8 Å². The molecule has 1 saturated heterocycles. The van der Waals surface area contributed by atoms with E-state index in [0.717, 1.165) is 24.2 Å². The summed E-state index contributed by atoms with van der Waals surface area (Å²) in [6, 6.07) is 9.97. The smallest absolute Gasteiger partial charge is 0.265 e. The predicted octanol–water partition coefficient (Wildman–Crippen LogP) is 2.36. The summed E-state index contributed by atoms with van der Waals surface area (Å²) < 4.78 is 46.7. The fraction of sp³-hybridized carbons (Fsp3) is 0.333. The molecule has 0 aromatic heterocycles. The lowest BCUT2D eigenvalue weighted by Crippen LogP contribution is -2.43. The van der Waals surface area contributed by atoms with Crippen molar-refractivity contribution in [3.8, 4) is 5.75 Å². The van der Waals surface area contributed by atoms with Gasteiger partial charge in [-0.2, -0.15) is 4.31 Å². The summed E-state index contributed by atoms with van der Waals surface area (Å²) in [4.78, 5) is 26.1. The molecule has 2 aliphatic rings. The van der Waals surface area contributed by atoms with Gasteiger partial charge in [0.2, 0.25) is 15.9 Å². The molecule has 0 atom stereocenters. The molecule has 0 unspecified atom stereocenters. The Hall–Kier alpha value is -2.98. The lowest BCUT2D eigenvalue weighted by atomic mass is 10.2. The van der Waals surface area contributed by atoms with Crippen molar-refractivity contribution in [1.82, 2.24) is 4.31 Å². The second-order valence-corrected chi connectivity index (χ2v) is 9.33. The first-order chi connectivity index (χ1) is 14.9. The van der Waals surface area contributed by atoms with E-state index >= 15 is 0 Å². The average Bonchev–Trinajstić information content (AvgIpc) is 2.77. The molecule has 10 heteroatoms. The van der Waals surface area contributed by atoms with Crippen molar-refractivity contribution in [3.63, 3.8) is 0 Å². The van der Waals surface area contributed by atoms with Gasteiger partial charge in [0, 0.05) is 13.1 Å². The predicted molar refractivity (Wildman–Crippen MR) is 112 cm³/mol. The third-order valence-corrected chi connectivity index (χ3v) is 7.17. The third-order valence-electron chi connectivity index (χ3n) is 5.28. The minimum atomic E-state index is -3.73. The van der Waals surface area contributed by atoms with Crippen LogP contribution in [0.4, 0.5) is 15.8 Å². The largest absolute Gasteiger partial charge is 0.482 e. The molecule has 0 spiro atoms. The van der Waals surface area contributed by atoms with Crippen LogP contribution in [0.5, 0.6) is 5.75 Å². The van der Waals surface area contributed by atoms with E-state index < -0.39 is 34.2 Å². The van der Waals surface area contributed by atoms with Crippen molar-refractivity contribution in [1.29, 1.82) is 0 Å². The fourth-order valence-corrected chi connectivity index (χ4v) is 5.20. The maximum atomic E-state index is 13.8. The highest BCUT2D eigenvalue weighted by molar-refractivity contribution is 7.89. The summed E-state index contributed by atoms with van der Waals surface area (Å²) in [5.41, 5.74) is 0.188. The minimum absolute atomic E-state index is 0.00476. The zero-order valence-electron chi connectivity index (χ0n) is 16.7. The normalized spacial score (nSPS) is 17.1. The van der Waals surface area contributed by atoms with Gasteiger partial charge in [-0.05, 0) is 43.2 Å². The van der Waals surface area contributed by atoms with Crippen LogP contribution in [0.2, 0.25) is 0 Å². The van der Waals surface area contributed by atoms with E-state index in [2.05, 4.69) is 5.32 Å². The number of halogens is 1. The molecule has 0 radical (unpaired) electrons.